The lowest BCUT2D eigenvalue weighted by atomic mass is 10.1. The lowest BCUT2D eigenvalue weighted by Crippen LogP contribution is -2.46. The SMILES string of the molecule is COc1cc(CN2CCN(c3ccccc3Cl)CC2)ccc1OCc1ccccc1. The van der Waals surface area contributed by atoms with Gasteiger partial charge in [0.2, 0.25) is 0 Å². The minimum Gasteiger partial charge on any atom is -0.493 e. The largest absolute Gasteiger partial charge is 0.493 e. The molecule has 0 N–H and O–H groups in total. The Hall–Kier alpha value is -2.69. The van der Waals surface area contributed by atoms with Crippen molar-refractivity contribution in [3.8, 4) is 11.5 Å². The lowest BCUT2D eigenvalue weighted by Gasteiger charge is -2.36. The van der Waals surface area contributed by atoms with E-state index in [1.165, 1.54) is 5.56 Å². The average Bonchev–Trinajstić information content (AvgIpc) is 2.80. The van der Waals surface area contributed by atoms with Gasteiger partial charge < -0.3 is 14.4 Å². The monoisotopic (exact) mass is 422 g/mol. The third-order valence-electron chi connectivity index (χ3n) is 5.44. The summed E-state index contributed by atoms with van der Waals surface area (Å²) in [5, 5.41) is 0.821. The molecular formula is C25H27ClN2O2. The zero-order chi connectivity index (χ0) is 20.8. The minimum absolute atomic E-state index is 0.528. The highest BCUT2D eigenvalue weighted by molar-refractivity contribution is 6.33. The first-order chi connectivity index (χ1) is 14.7. The fourth-order valence-electron chi connectivity index (χ4n) is 3.78. The van der Waals surface area contributed by atoms with Crippen LogP contribution < -0.4 is 14.4 Å². The molecule has 1 heterocycles. The highest BCUT2D eigenvalue weighted by atomic mass is 35.5. The van der Waals surface area contributed by atoms with E-state index >= 15 is 0 Å². The van der Waals surface area contributed by atoms with Gasteiger partial charge in [0.25, 0.3) is 0 Å². The molecule has 0 amide bonds. The number of para-hydroxylation sites is 1. The van der Waals surface area contributed by atoms with Crippen molar-refractivity contribution in [3.63, 3.8) is 0 Å². The van der Waals surface area contributed by atoms with Crippen molar-refractivity contribution in [2.45, 2.75) is 13.2 Å². The maximum atomic E-state index is 6.36. The van der Waals surface area contributed by atoms with Crippen LogP contribution in [0.3, 0.4) is 0 Å². The van der Waals surface area contributed by atoms with Crippen molar-refractivity contribution in [2.75, 3.05) is 38.2 Å². The quantitative estimate of drug-likeness (QED) is 0.519. The third-order valence-corrected chi connectivity index (χ3v) is 5.76. The first kappa shape index (κ1) is 20.6. The molecule has 4 nitrogen and oxygen atoms in total. The van der Waals surface area contributed by atoms with Crippen LogP contribution in [0, 0.1) is 0 Å². The van der Waals surface area contributed by atoms with Gasteiger partial charge in [0.05, 0.1) is 17.8 Å². The zero-order valence-electron chi connectivity index (χ0n) is 17.3. The number of hydrogen-bond acceptors (Lipinski definition) is 4. The summed E-state index contributed by atoms with van der Waals surface area (Å²) in [6.07, 6.45) is 0. The molecule has 3 aromatic carbocycles. The fraction of sp³-hybridized carbons (Fsp3) is 0.280. The maximum absolute atomic E-state index is 6.36. The minimum atomic E-state index is 0.528. The first-order valence-corrected chi connectivity index (χ1v) is 10.7. The van der Waals surface area contributed by atoms with Crippen LogP contribution in [0.2, 0.25) is 5.02 Å². The summed E-state index contributed by atoms with van der Waals surface area (Å²) in [5.74, 6) is 1.55. The van der Waals surface area contributed by atoms with Crippen molar-refractivity contribution >= 4 is 17.3 Å². The van der Waals surface area contributed by atoms with Gasteiger partial charge >= 0.3 is 0 Å². The normalized spacial score (nSPS) is 14.5. The van der Waals surface area contributed by atoms with Crippen molar-refractivity contribution in [2.24, 2.45) is 0 Å². The molecular weight excluding hydrogens is 396 g/mol. The molecule has 4 rings (SSSR count). The van der Waals surface area contributed by atoms with Gasteiger partial charge in [0.15, 0.2) is 11.5 Å². The zero-order valence-corrected chi connectivity index (χ0v) is 18.0. The van der Waals surface area contributed by atoms with E-state index in [2.05, 4.69) is 40.1 Å². The van der Waals surface area contributed by atoms with Gasteiger partial charge in [-0.15, -0.1) is 0 Å². The second kappa shape index (κ2) is 9.88. The van der Waals surface area contributed by atoms with E-state index in [9.17, 15) is 0 Å². The van der Waals surface area contributed by atoms with Gasteiger partial charge in [0.1, 0.15) is 6.61 Å². The summed E-state index contributed by atoms with van der Waals surface area (Å²) in [6, 6.07) is 24.5. The number of ether oxygens (including phenoxy) is 2. The number of benzene rings is 3. The number of hydrogen-bond donors (Lipinski definition) is 0. The molecule has 0 aliphatic carbocycles. The molecule has 1 saturated heterocycles. The molecule has 0 unspecified atom stereocenters. The number of methoxy groups -OCH3 is 1. The van der Waals surface area contributed by atoms with Crippen molar-refractivity contribution in [3.05, 3.63) is 88.9 Å². The van der Waals surface area contributed by atoms with E-state index in [4.69, 9.17) is 21.1 Å². The molecule has 156 valence electrons. The first-order valence-electron chi connectivity index (χ1n) is 10.3. The summed E-state index contributed by atoms with van der Waals surface area (Å²) >= 11 is 6.36. The third kappa shape index (κ3) is 5.07. The Morgan fingerprint density at radius 2 is 1.53 bits per heavy atom. The van der Waals surface area contributed by atoms with Crippen molar-refractivity contribution < 1.29 is 9.47 Å². The molecule has 1 aliphatic rings. The smallest absolute Gasteiger partial charge is 0.161 e. The Bertz CT molecular complexity index is 956. The summed E-state index contributed by atoms with van der Waals surface area (Å²) < 4.78 is 11.6. The molecule has 1 aliphatic heterocycles. The van der Waals surface area contributed by atoms with Gasteiger partial charge in [-0.1, -0.05) is 60.1 Å². The topological polar surface area (TPSA) is 24.9 Å². The maximum Gasteiger partial charge on any atom is 0.161 e. The van der Waals surface area contributed by atoms with E-state index in [-0.39, 0.29) is 0 Å². The Labute approximate surface area is 183 Å². The summed E-state index contributed by atoms with van der Waals surface area (Å²) in [6.45, 7) is 5.37. The second-order valence-electron chi connectivity index (χ2n) is 7.47. The van der Waals surface area contributed by atoms with E-state index in [1.54, 1.807) is 7.11 Å². The molecule has 0 saturated carbocycles. The fourth-order valence-corrected chi connectivity index (χ4v) is 4.03. The number of anilines is 1. The second-order valence-corrected chi connectivity index (χ2v) is 7.88. The Kier molecular flexibility index (Phi) is 6.77. The molecule has 0 spiro atoms. The molecule has 30 heavy (non-hydrogen) atoms. The lowest BCUT2D eigenvalue weighted by molar-refractivity contribution is 0.248. The molecule has 0 aromatic heterocycles. The predicted octanol–water partition coefficient (Wildman–Crippen LogP) is 5.25. The van der Waals surface area contributed by atoms with Gasteiger partial charge in [-0.25, -0.2) is 0 Å². The predicted molar refractivity (Wildman–Crippen MR) is 123 cm³/mol. The number of nitrogens with zero attached hydrogens (tertiary/aromatic N) is 2. The number of rotatable bonds is 7. The van der Waals surface area contributed by atoms with E-state index < -0.39 is 0 Å². The van der Waals surface area contributed by atoms with Crippen molar-refractivity contribution in [1.29, 1.82) is 0 Å². The number of halogens is 1. The van der Waals surface area contributed by atoms with Gasteiger partial charge in [-0.2, -0.15) is 0 Å². The summed E-state index contributed by atoms with van der Waals surface area (Å²) in [5.41, 5.74) is 3.49. The van der Waals surface area contributed by atoms with Crippen LogP contribution in [0.5, 0.6) is 11.5 Å². The van der Waals surface area contributed by atoms with Gasteiger partial charge in [-0.05, 0) is 35.4 Å². The van der Waals surface area contributed by atoms with Gasteiger partial charge in [-0.3, -0.25) is 4.90 Å². The Morgan fingerprint density at radius 3 is 2.27 bits per heavy atom. The van der Waals surface area contributed by atoms with Crippen LogP contribution in [-0.4, -0.2) is 38.2 Å². The highest BCUT2D eigenvalue weighted by Gasteiger charge is 2.19. The van der Waals surface area contributed by atoms with Crippen LogP contribution in [0.4, 0.5) is 5.69 Å². The summed E-state index contributed by atoms with van der Waals surface area (Å²) in [7, 11) is 1.69. The molecule has 0 atom stereocenters. The molecule has 0 radical (unpaired) electrons. The molecule has 5 heteroatoms. The average molecular weight is 423 g/mol. The van der Waals surface area contributed by atoms with Crippen LogP contribution in [0.1, 0.15) is 11.1 Å². The summed E-state index contributed by atoms with van der Waals surface area (Å²) in [4.78, 5) is 4.83. The Balaban J connectivity index is 1.34. The molecule has 1 fully saturated rings. The Morgan fingerprint density at radius 1 is 0.800 bits per heavy atom. The standard InChI is InChI=1S/C25H27ClN2O2/c1-29-25-17-21(11-12-24(25)30-19-20-7-3-2-4-8-20)18-27-13-15-28(16-14-27)23-10-6-5-9-22(23)26/h2-12,17H,13-16,18-19H2,1H3. The highest BCUT2D eigenvalue weighted by Crippen LogP contribution is 2.30. The molecule has 0 bridgehead atoms. The van der Waals surface area contributed by atoms with Crippen LogP contribution >= 0.6 is 11.6 Å². The van der Waals surface area contributed by atoms with Crippen LogP contribution in [-0.2, 0) is 13.2 Å². The van der Waals surface area contributed by atoms with Crippen LogP contribution in [0.15, 0.2) is 72.8 Å². The van der Waals surface area contributed by atoms with Gasteiger partial charge in [0, 0.05) is 32.7 Å². The van der Waals surface area contributed by atoms with E-state index in [0.717, 1.165) is 60.5 Å². The van der Waals surface area contributed by atoms with Crippen molar-refractivity contribution in [1.82, 2.24) is 4.90 Å². The van der Waals surface area contributed by atoms with E-state index in [0.29, 0.717) is 6.61 Å². The number of piperazine rings is 1. The van der Waals surface area contributed by atoms with Crippen LogP contribution in [0.25, 0.3) is 0 Å². The molecule has 3 aromatic rings. The van der Waals surface area contributed by atoms with E-state index in [1.807, 2.05) is 42.5 Å².